The van der Waals surface area contributed by atoms with Gasteiger partial charge in [0.1, 0.15) is 16.8 Å². The van der Waals surface area contributed by atoms with Crippen LogP contribution in [-0.4, -0.2) is 41.9 Å². The molecule has 0 aromatic carbocycles. The van der Waals surface area contributed by atoms with E-state index in [1.807, 2.05) is 6.07 Å². The van der Waals surface area contributed by atoms with Gasteiger partial charge in [0.2, 0.25) is 15.9 Å². The van der Waals surface area contributed by atoms with E-state index in [1.165, 1.54) is 16.6 Å². The van der Waals surface area contributed by atoms with Crippen LogP contribution in [0.4, 0.5) is 5.82 Å². The predicted octanol–water partition coefficient (Wildman–Crippen LogP) is 1.66. The van der Waals surface area contributed by atoms with Crippen LogP contribution in [0.25, 0.3) is 0 Å². The lowest BCUT2D eigenvalue weighted by atomic mass is 10.3. The Hall–Kier alpha value is -1.71. The van der Waals surface area contributed by atoms with Crippen molar-refractivity contribution in [1.82, 2.24) is 14.3 Å². The number of pyridine rings is 2. The number of hydrogen-bond acceptors (Lipinski definition) is 6. The lowest BCUT2D eigenvalue weighted by molar-refractivity contribution is 0.207. The highest BCUT2D eigenvalue weighted by Crippen LogP contribution is 2.27. The first-order valence-corrected chi connectivity index (χ1v) is 9.19. The highest BCUT2D eigenvalue weighted by atomic mass is 79.9. The SMILES string of the molecule is Nc1ncc(Br)cc1S(=O)(=O)N1CCC(Oc2ccccn2)C1. The van der Waals surface area contributed by atoms with Crippen molar-refractivity contribution in [3.63, 3.8) is 0 Å². The number of halogens is 1. The summed E-state index contributed by atoms with van der Waals surface area (Å²) in [6, 6.07) is 6.82. The molecule has 2 aromatic rings. The van der Waals surface area contributed by atoms with Crippen LogP contribution in [-0.2, 0) is 10.0 Å². The molecule has 0 saturated carbocycles. The van der Waals surface area contributed by atoms with Crippen LogP contribution in [0, 0.1) is 0 Å². The second-order valence-electron chi connectivity index (χ2n) is 5.10. The van der Waals surface area contributed by atoms with E-state index in [0.29, 0.717) is 23.3 Å². The summed E-state index contributed by atoms with van der Waals surface area (Å²) < 4.78 is 33.1. The fourth-order valence-electron chi connectivity index (χ4n) is 2.38. The molecule has 7 nitrogen and oxygen atoms in total. The standard InChI is InChI=1S/C14H15BrN4O3S/c15-10-7-12(14(16)18-8-10)23(20,21)19-6-4-11(9-19)22-13-3-1-2-5-17-13/h1-3,5,7-8,11H,4,6,9H2,(H2,16,18). The first-order chi connectivity index (χ1) is 11.0. The van der Waals surface area contributed by atoms with Gasteiger partial charge >= 0.3 is 0 Å². The van der Waals surface area contributed by atoms with Gasteiger partial charge < -0.3 is 10.5 Å². The smallest absolute Gasteiger partial charge is 0.246 e. The molecular weight excluding hydrogens is 384 g/mol. The third kappa shape index (κ3) is 3.46. The maximum absolute atomic E-state index is 12.7. The third-order valence-electron chi connectivity index (χ3n) is 3.50. The van der Waals surface area contributed by atoms with Gasteiger partial charge in [-0.15, -0.1) is 0 Å². The van der Waals surface area contributed by atoms with Gasteiger partial charge in [-0.25, -0.2) is 18.4 Å². The molecule has 1 unspecified atom stereocenters. The number of nitrogen functional groups attached to an aromatic ring is 1. The molecule has 2 aromatic heterocycles. The Bertz CT molecular complexity index is 801. The number of rotatable bonds is 4. The van der Waals surface area contributed by atoms with E-state index < -0.39 is 10.0 Å². The average molecular weight is 399 g/mol. The first kappa shape index (κ1) is 16.2. The number of sulfonamides is 1. The Kier molecular flexibility index (Phi) is 4.51. The zero-order valence-corrected chi connectivity index (χ0v) is 14.5. The minimum atomic E-state index is -3.70. The van der Waals surface area contributed by atoms with Crippen molar-refractivity contribution in [3.8, 4) is 5.88 Å². The minimum Gasteiger partial charge on any atom is -0.473 e. The van der Waals surface area contributed by atoms with E-state index in [0.717, 1.165) is 0 Å². The summed E-state index contributed by atoms with van der Waals surface area (Å²) in [6.07, 6.45) is 3.45. The number of aromatic nitrogens is 2. The summed E-state index contributed by atoms with van der Waals surface area (Å²) >= 11 is 3.22. The van der Waals surface area contributed by atoms with Crippen molar-refractivity contribution in [3.05, 3.63) is 41.1 Å². The number of nitrogens with zero attached hydrogens (tertiary/aromatic N) is 3. The van der Waals surface area contributed by atoms with Gasteiger partial charge in [0.15, 0.2) is 0 Å². The molecule has 0 spiro atoms. The summed E-state index contributed by atoms with van der Waals surface area (Å²) in [6.45, 7) is 0.622. The quantitative estimate of drug-likeness (QED) is 0.840. The summed E-state index contributed by atoms with van der Waals surface area (Å²) in [5.74, 6) is 0.475. The highest BCUT2D eigenvalue weighted by molar-refractivity contribution is 9.10. The van der Waals surface area contributed by atoms with Gasteiger partial charge in [0, 0.05) is 29.5 Å². The Labute approximate surface area is 142 Å². The van der Waals surface area contributed by atoms with E-state index in [4.69, 9.17) is 10.5 Å². The van der Waals surface area contributed by atoms with Crippen LogP contribution in [0.15, 0.2) is 46.0 Å². The number of hydrogen-bond donors (Lipinski definition) is 1. The molecule has 0 radical (unpaired) electrons. The van der Waals surface area contributed by atoms with Crippen molar-refractivity contribution < 1.29 is 13.2 Å². The van der Waals surface area contributed by atoms with Crippen molar-refractivity contribution in [2.45, 2.75) is 17.4 Å². The molecule has 122 valence electrons. The molecule has 9 heteroatoms. The molecule has 3 rings (SSSR count). The molecule has 1 atom stereocenters. The molecule has 1 aliphatic rings. The van der Waals surface area contributed by atoms with Crippen molar-refractivity contribution in [1.29, 1.82) is 0 Å². The minimum absolute atomic E-state index is 0.00496. The molecular formula is C14H15BrN4O3S. The molecule has 3 heterocycles. The molecule has 0 aliphatic carbocycles. The van der Waals surface area contributed by atoms with E-state index in [9.17, 15) is 8.42 Å². The van der Waals surface area contributed by atoms with E-state index in [2.05, 4.69) is 25.9 Å². The second kappa shape index (κ2) is 6.42. The zero-order chi connectivity index (χ0) is 16.4. The van der Waals surface area contributed by atoms with Gasteiger partial charge in [-0.1, -0.05) is 6.07 Å². The van der Waals surface area contributed by atoms with Gasteiger partial charge in [0.05, 0.1) is 6.54 Å². The molecule has 1 aliphatic heterocycles. The average Bonchev–Trinajstić information content (AvgIpc) is 3.00. The molecule has 0 amide bonds. The maximum Gasteiger partial charge on any atom is 0.246 e. The number of nitrogens with two attached hydrogens (primary N) is 1. The monoisotopic (exact) mass is 398 g/mol. The van der Waals surface area contributed by atoms with Crippen LogP contribution in [0.2, 0.25) is 0 Å². The van der Waals surface area contributed by atoms with Crippen molar-refractivity contribution in [2.24, 2.45) is 0 Å². The lowest BCUT2D eigenvalue weighted by Crippen LogP contribution is -2.31. The fourth-order valence-corrected chi connectivity index (χ4v) is 4.44. The topological polar surface area (TPSA) is 98.4 Å². The van der Waals surface area contributed by atoms with Crippen LogP contribution in [0.5, 0.6) is 5.88 Å². The third-order valence-corrected chi connectivity index (χ3v) is 5.83. The van der Waals surface area contributed by atoms with E-state index in [-0.39, 0.29) is 23.4 Å². The maximum atomic E-state index is 12.7. The summed E-state index contributed by atoms with van der Waals surface area (Å²) in [7, 11) is -3.70. The lowest BCUT2D eigenvalue weighted by Gasteiger charge is -2.17. The molecule has 23 heavy (non-hydrogen) atoms. The Morgan fingerprint density at radius 2 is 2.17 bits per heavy atom. The Morgan fingerprint density at radius 1 is 1.35 bits per heavy atom. The largest absolute Gasteiger partial charge is 0.473 e. The number of ether oxygens (including phenoxy) is 1. The van der Waals surface area contributed by atoms with Gasteiger partial charge in [-0.05, 0) is 34.5 Å². The van der Waals surface area contributed by atoms with Crippen LogP contribution in [0.3, 0.4) is 0 Å². The normalized spacial score (nSPS) is 18.9. The summed E-state index contributed by atoms with van der Waals surface area (Å²) in [4.78, 5) is 7.98. The van der Waals surface area contributed by atoms with Crippen LogP contribution < -0.4 is 10.5 Å². The Balaban J connectivity index is 1.76. The molecule has 2 N–H and O–H groups in total. The van der Waals surface area contributed by atoms with Crippen LogP contribution >= 0.6 is 15.9 Å². The first-order valence-electron chi connectivity index (χ1n) is 6.95. The van der Waals surface area contributed by atoms with E-state index >= 15 is 0 Å². The van der Waals surface area contributed by atoms with Crippen molar-refractivity contribution >= 4 is 31.8 Å². The molecule has 1 fully saturated rings. The fraction of sp³-hybridized carbons (Fsp3) is 0.286. The van der Waals surface area contributed by atoms with Crippen LogP contribution in [0.1, 0.15) is 6.42 Å². The molecule has 1 saturated heterocycles. The predicted molar refractivity (Wildman–Crippen MR) is 88.4 cm³/mol. The summed E-state index contributed by atoms with van der Waals surface area (Å²) in [5, 5.41) is 0. The van der Waals surface area contributed by atoms with Gasteiger partial charge in [-0.2, -0.15) is 4.31 Å². The molecule has 0 bridgehead atoms. The van der Waals surface area contributed by atoms with E-state index in [1.54, 1.807) is 18.3 Å². The zero-order valence-electron chi connectivity index (χ0n) is 12.1. The highest BCUT2D eigenvalue weighted by Gasteiger charge is 2.35. The van der Waals surface area contributed by atoms with Crippen molar-refractivity contribution in [2.75, 3.05) is 18.8 Å². The Morgan fingerprint density at radius 3 is 2.91 bits per heavy atom. The second-order valence-corrected chi connectivity index (χ2v) is 7.92. The van der Waals surface area contributed by atoms with Gasteiger partial charge in [0.25, 0.3) is 0 Å². The number of anilines is 1. The van der Waals surface area contributed by atoms with Gasteiger partial charge in [-0.3, -0.25) is 0 Å². The summed E-state index contributed by atoms with van der Waals surface area (Å²) in [5.41, 5.74) is 5.72.